The zero-order chi connectivity index (χ0) is 13.0. The lowest BCUT2D eigenvalue weighted by atomic mass is 10.1. The largest absolute Gasteiger partial charge is 0.396 e. The fourth-order valence-corrected chi connectivity index (χ4v) is 1.48. The third-order valence-electron chi connectivity index (χ3n) is 2.67. The Morgan fingerprint density at radius 3 is 2.71 bits per heavy atom. The average molecular weight is 238 g/mol. The number of nitrogens with zero attached hydrogens (tertiary/aromatic N) is 1. The van der Waals surface area contributed by atoms with Gasteiger partial charge in [0.15, 0.2) is 0 Å². The van der Waals surface area contributed by atoms with Crippen LogP contribution >= 0.6 is 0 Å². The number of anilines is 1. The highest BCUT2D eigenvalue weighted by Gasteiger charge is 2.16. The number of carbonyl (C=O) groups is 1. The second-order valence-electron chi connectivity index (χ2n) is 4.61. The van der Waals surface area contributed by atoms with Gasteiger partial charge in [0, 0.05) is 13.6 Å². The lowest BCUT2D eigenvalue weighted by Crippen LogP contribution is -2.29. The van der Waals surface area contributed by atoms with Gasteiger partial charge in [0.2, 0.25) is 0 Å². The Morgan fingerprint density at radius 2 is 2.12 bits per heavy atom. The molecule has 0 heterocycles. The number of carbonyl (C=O) groups excluding carboxylic acids is 1. The number of hydrogen-bond donors (Lipinski definition) is 1. The molecule has 3 nitrogen and oxygen atoms in total. The predicted molar refractivity (Wildman–Crippen MR) is 67.2 cm³/mol. The maximum atomic E-state index is 13.2. The Hall–Kier alpha value is -1.58. The number of amides is 1. The number of nitrogen functional groups attached to an aromatic ring is 1. The molecule has 0 saturated heterocycles. The highest BCUT2D eigenvalue weighted by Crippen LogP contribution is 2.17. The van der Waals surface area contributed by atoms with Crippen molar-refractivity contribution in [3.8, 4) is 0 Å². The molecule has 0 saturated carbocycles. The van der Waals surface area contributed by atoms with Gasteiger partial charge in [-0.2, -0.15) is 0 Å². The second-order valence-corrected chi connectivity index (χ2v) is 4.61. The summed E-state index contributed by atoms with van der Waals surface area (Å²) in [4.78, 5) is 13.6. The molecule has 0 unspecified atom stereocenters. The van der Waals surface area contributed by atoms with E-state index in [9.17, 15) is 9.18 Å². The molecule has 0 atom stereocenters. The second kappa shape index (κ2) is 5.66. The molecule has 17 heavy (non-hydrogen) atoms. The van der Waals surface area contributed by atoms with Gasteiger partial charge in [0.05, 0.1) is 11.3 Å². The van der Waals surface area contributed by atoms with Crippen LogP contribution in [0.2, 0.25) is 0 Å². The number of hydrogen-bond acceptors (Lipinski definition) is 2. The Labute approximate surface area is 101 Å². The van der Waals surface area contributed by atoms with Crippen molar-refractivity contribution in [2.75, 3.05) is 19.3 Å². The maximum absolute atomic E-state index is 13.2. The van der Waals surface area contributed by atoms with E-state index in [-0.39, 0.29) is 17.2 Å². The molecular weight excluding hydrogens is 219 g/mol. The fraction of sp³-hybridized carbons (Fsp3) is 0.462. The number of rotatable bonds is 4. The maximum Gasteiger partial charge on any atom is 0.255 e. The van der Waals surface area contributed by atoms with Crippen LogP contribution in [0.25, 0.3) is 0 Å². The molecule has 2 N–H and O–H groups in total. The molecule has 0 aliphatic carbocycles. The van der Waals surface area contributed by atoms with Gasteiger partial charge >= 0.3 is 0 Å². The summed E-state index contributed by atoms with van der Waals surface area (Å²) >= 11 is 0. The minimum Gasteiger partial charge on any atom is -0.396 e. The molecule has 0 spiro atoms. The van der Waals surface area contributed by atoms with Crippen LogP contribution in [-0.4, -0.2) is 24.4 Å². The Bertz CT molecular complexity index is 404. The zero-order valence-electron chi connectivity index (χ0n) is 10.5. The van der Waals surface area contributed by atoms with Crippen molar-refractivity contribution >= 4 is 11.6 Å². The Balaban J connectivity index is 2.78. The van der Waals surface area contributed by atoms with E-state index in [1.807, 2.05) is 0 Å². The van der Waals surface area contributed by atoms with Crippen molar-refractivity contribution < 1.29 is 9.18 Å². The molecule has 0 aromatic heterocycles. The highest BCUT2D eigenvalue weighted by molar-refractivity contribution is 5.99. The van der Waals surface area contributed by atoms with Crippen molar-refractivity contribution in [1.29, 1.82) is 0 Å². The van der Waals surface area contributed by atoms with Crippen molar-refractivity contribution in [3.05, 3.63) is 29.6 Å². The van der Waals surface area contributed by atoms with E-state index in [4.69, 9.17) is 5.73 Å². The van der Waals surface area contributed by atoms with Crippen LogP contribution in [0.15, 0.2) is 18.2 Å². The summed E-state index contributed by atoms with van der Waals surface area (Å²) in [5.74, 6) is -0.258. The summed E-state index contributed by atoms with van der Waals surface area (Å²) in [6, 6.07) is 4.29. The first-order valence-electron chi connectivity index (χ1n) is 5.73. The summed E-state index contributed by atoms with van der Waals surface area (Å²) in [5.41, 5.74) is 5.71. The summed E-state index contributed by atoms with van der Waals surface area (Å²) in [5, 5.41) is 0. The number of nitrogens with two attached hydrogens (primary N) is 1. The van der Waals surface area contributed by atoms with Crippen LogP contribution in [0, 0.1) is 11.7 Å². The Kier molecular flexibility index (Phi) is 4.49. The van der Waals surface area contributed by atoms with Crippen molar-refractivity contribution in [1.82, 2.24) is 4.90 Å². The fourth-order valence-electron chi connectivity index (χ4n) is 1.48. The molecule has 0 bridgehead atoms. The molecule has 0 fully saturated rings. The van der Waals surface area contributed by atoms with Gasteiger partial charge in [0.1, 0.15) is 5.82 Å². The van der Waals surface area contributed by atoms with Crippen LogP contribution in [0.1, 0.15) is 30.6 Å². The smallest absolute Gasteiger partial charge is 0.255 e. The monoisotopic (exact) mass is 238 g/mol. The molecule has 94 valence electrons. The molecule has 0 aliphatic rings. The van der Waals surface area contributed by atoms with Gasteiger partial charge in [0.25, 0.3) is 5.91 Å². The third-order valence-corrected chi connectivity index (χ3v) is 2.67. The zero-order valence-corrected chi connectivity index (χ0v) is 10.5. The third kappa shape index (κ3) is 3.44. The van der Waals surface area contributed by atoms with Crippen molar-refractivity contribution in [3.63, 3.8) is 0 Å². The van der Waals surface area contributed by atoms with Gasteiger partial charge in [-0.05, 0) is 24.5 Å². The average Bonchev–Trinajstić information content (AvgIpc) is 2.28. The number of para-hydroxylation sites is 1. The topological polar surface area (TPSA) is 46.3 Å². The molecule has 0 aliphatic heterocycles. The van der Waals surface area contributed by atoms with Crippen LogP contribution in [0.4, 0.5) is 10.1 Å². The van der Waals surface area contributed by atoms with Crippen LogP contribution in [-0.2, 0) is 0 Å². The first-order valence-corrected chi connectivity index (χ1v) is 5.73. The van der Waals surface area contributed by atoms with Gasteiger partial charge in [-0.3, -0.25) is 4.79 Å². The van der Waals surface area contributed by atoms with E-state index in [0.717, 1.165) is 6.42 Å². The van der Waals surface area contributed by atoms with E-state index >= 15 is 0 Å². The van der Waals surface area contributed by atoms with Crippen molar-refractivity contribution in [2.24, 2.45) is 5.92 Å². The van der Waals surface area contributed by atoms with E-state index in [2.05, 4.69) is 13.8 Å². The van der Waals surface area contributed by atoms with Crippen LogP contribution in [0.3, 0.4) is 0 Å². The van der Waals surface area contributed by atoms with E-state index in [0.29, 0.717) is 12.5 Å². The quantitative estimate of drug-likeness (QED) is 0.819. The summed E-state index contributed by atoms with van der Waals surface area (Å²) < 4.78 is 13.2. The minimum atomic E-state index is -0.548. The molecular formula is C13H19FN2O. The lowest BCUT2D eigenvalue weighted by Gasteiger charge is -2.19. The van der Waals surface area contributed by atoms with E-state index < -0.39 is 5.82 Å². The van der Waals surface area contributed by atoms with Gasteiger partial charge < -0.3 is 10.6 Å². The predicted octanol–water partition coefficient (Wildman–Crippen LogP) is 2.53. The standard InChI is InChI=1S/C13H19FN2O/c1-9(2)7-8-16(3)13(17)10-5-4-6-11(14)12(10)15/h4-6,9H,7-8,15H2,1-3H3. The molecule has 0 radical (unpaired) electrons. The van der Waals surface area contributed by atoms with Gasteiger partial charge in [-0.25, -0.2) is 4.39 Å². The first kappa shape index (κ1) is 13.5. The molecule has 1 aromatic carbocycles. The Morgan fingerprint density at radius 1 is 1.47 bits per heavy atom. The van der Waals surface area contributed by atoms with E-state index in [1.54, 1.807) is 18.0 Å². The molecule has 1 aromatic rings. The number of benzene rings is 1. The summed E-state index contributed by atoms with van der Waals surface area (Å²) in [7, 11) is 1.70. The summed E-state index contributed by atoms with van der Waals surface area (Å²) in [6.07, 6.45) is 0.914. The normalized spacial score (nSPS) is 10.6. The molecule has 1 amide bonds. The molecule has 4 heteroatoms. The first-order chi connectivity index (χ1) is 7.93. The van der Waals surface area contributed by atoms with Crippen molar-refractivity contribution in [2.45, 2.75) is 20.3 Å². The highest BCUT2D eigenvalue weighted by atomic mass is 19.1. The lowest BCUT2D eigenvalue weighted by molar-refractivity contribution is 0.0790. The minimum absolute atomic E-state index is 0.0751. The SMILES string of the molecule is CC(C)CCN(C)C(=O)c1cccc(F)c1N. The van der Waals surface area contributed by atoms with E-state index in [1.165, 1.54) is 12.1 Å². The van der Waals surface area contributed by atoms with Crippen LogP contribution in [0.5, 0.6) is 0 Å². The van der Waals surface area contributed by atoms with Gasteiger partial charge in [-0.1, -0.05) is 19.9 Å². The number of halogens is 1. The summed E-state index contributed by atoms with van der Waals surface area (Å²) in [6.45, 7) is 4.83. The van der Waals surface area contributed by atoms with Crippen LogP contribution < -0.4 is 5.73 Å². The van der Waals surface area contributed by atoms with Gasteiger partial charge in [-0.15, -0.1) is 0 Å². The molecule has 1 rings (SSSR count).